The molecule has 0 heterocycles. The van der Waals surface area contributed by atoms with Gasteiger partial charge in [0.15, 0.2) is 0 Å². The van der Waals surface area contributed by atoms with Gasteiger partial charge in [0.2, 0.25) is 0 Å². The van der Waals surface area contributed by atoms with Crippen LogP contribution in [0.3, 0.4) is 0 Å². The molecule has 0 N–H and O–H groups in total. The fraction of sp³-hybridized carbons (Fsp3) is 0.625. The standard InChI is InChI=1S/C8H15NO2/c1-7(8(10)11-4)5-6-9(2)3/h5H,6H2,1-4H3/b7-5-. The molecule has 0 radical (unpaired) electrons. The second-order valence-electron chi connectivity index (χ2n) is 2.64. The molecule has 11 heavy (non-hydrogen) atoms. The summed E-state index contributed by atoms with van der Waals surface area (Å²) in [6, 6.07) is 0. The molecule has 0 aromatic rings. The second-order valence-corrected chi connectivity index (χ2v) is 2.64. The van der Waals surface area contributed by atoms with Crippen molar-refractivity contribution in [3.05, 3.63) is 11.6 Å². The number of hydrogen-bond acceptors (Lipinski definition) is 3. The molecule has 0 aromatic carbocycles. The summed E-state index contributed by atoms with van der Waals surface area (Å²) in [5, 5.41) is 0. The van der Waals surface area contributed by atoms with Gasteiger partial charge >= 0.3 is 5.97 Å². The van der Waals surface area contributed by atoms with E-state index in [4.69, 9.17) is 0 Å². The fourth-order valence-electron chi connectivity index (χ4n) is 0.564. The summed E-state index contributed by atoms with van der Waals surface area (Å²) in [6.07, 6.45) is 1.84. The van der Waals surface area contributed by atoms with E-state index in [0.29, 0.717) is 5.57 Å². The van der Waals surface area contributed by atoms with Crippen molar-refractivity contribution in [2.45, 2.75) is 6.92 Å². The number of ether oxygens (including phenoxy) is 1. The highest BCUT2D eigenvalue weighted by molar-refractivity contribution is 5.87. The molecule has 0 aliphatic heterocycles. The maximum atomic E-state index is 10.8. The smallest absolute Gasteiger partial charge is 0.333 e. The molecule has 0 rings (SSSR count). The van der Waals surface area contributed by atoms with Gasteiger partial charge in [0.05, 0.1) is 7.11 Å². The minimum atomic E-state index is -0.258. The van der Waals surface area contributed by atoms with Gasteiger partial charge in [0.25, 0.3) is 0 Å². The van der Waals surface area contributed by atoms with E-state index in [1.807, 2.05) is 25.1 Å². The van der Waals surface area contributed by atoms with Crippen molar-refractivity contribution in [3.8, 4) is 0 Å². The number of carbonyl (C=O) groups excluding carboxylic acids is 1. The average molecular weight is 157 g/mol. The highest BCUT2D eigenvalue weighted by Crippen LogP contribution is 1.94. The Kier molecular flexibility index (Phi) is 4.54. The zero-order valence-electron chi connectivity index (χ0n) is 7.55. The molecular weight excluding hydrogens is 142 g/mol. The first-order chi connectivity index (χ1) is 5.07. The molecule has 0 saturated carbocycles. The minimum absolute atomic E-state index is 0.258. The first kappa shape index (κ1) is 10.2. The summed E-state index contributed by atoms with van der Waals surface area (Å²) in [5.74, 6) is -0.258. The molecule has 0 aromatic heterocycles. The van der Waals surface area contributed by atoms with E-state index in [1.54, 1.807) is 6.92 Å². The Bertz CT molecular complexity index is 161. The summed E-state index contributed by atoms with van der Waals surface area (Å²) in [4.78, 5) is 12.8. The van der Waals surface area contributed by atoms with Gasteiger partial charge in [-0.15, -0.1) is 0 Å². The van der Waals surface area contributed by atoms with Gasteiger partial charge in [0, 0.05) is 12.1 Å². The van der Waals surface area contributed by atoms with E-state index < -0.39 is 0 Å². The van der Waals surface area contributed by atoms with Crippen LogP contribution in [0.4, 0.5) is 0 Å². The molecule has 0 saturated heterocycles. The number of carbonyl (C=O) groups is 1. The zero-order chi connectivity index (χ0) is 8.85. The van der Waals surface area contributed by atoms with Crippen molar-refractivity contribution in [2.24, 2.45) is 0 Å². The Morgan fingerprint density at radius 2 is 2.09 bits per heavy atom. The maximum absolute atomic E-state index is 10.8. The topological polar surface area (TPSA) is 29.5 Å². The van der Waals surface area contributed by atoms with Crippen LogP contribution in [0.1, 0.15) is 6.92 Å². The molecule has 3 nitrogen and oxygen atoms in total. The molecule has 0 fully saturated rings. The predicted octanol–water partition coefficient (Wildman–Crippen LogP) is 0.667. The van der Waals surface area contributed by atoms with Crippen LogP contribution in [0.25, 0.3) is 0 Å². The van der Waals surface area contributed by atoms with Crippen molar-refractivity contribution in [1.82, 2.24) is 4.90 Å². The second kappa shape index (κ2) is 4.91. The third kappa shape index (κ3) is 4.56. The van der Waals surface area contributed by atoms with Crippen LogP contribution in [0.2, 0.25) is 0 Å². The molecule has 0 amide bonds. The summed E-state index contributed by atoms with van der Waals surface area (Å²) < 4.78 is 4.52. The van der Waals surface area contributed by atoms with Gasteiger partial charge in [-0.1, -0.05) is 6.08 Å². The van der Waals surface area contributed by atoms with Crippen LogP contribution < -0.4 is 0 Å². The molecule has 0 spiro atoms. The molecule has 0 aliphatic carbocycles. The number of esters is 1. The molecule has 0 aliphatic rings. The van der Waals surface area contributed by atoms with E-state index in [0.717, 1.165) is 6.54 Å². The Hall–Kier alpha value is -0.830. The van der Waals surface area contributed by atoms with Crippen LogP contribution in [-0.2, 0) is 9.53 Å². The van der Waals surface area contributed by atoms with Gasteiger partial charge in [-0.25, -0.2) is 4.79 Å². The Morgan fingerprint density at radius 1 is 1.55 bits per heavy atom. The van der Waals surface area contributed by atoms with E-state index in [-0.39, 0.29) is 5.97 Å². The average Bonchev–Trinajstić information content (AvgIpc) is 1.98. The molecular formula is C8H15NO2. The first-order valence-electron chi connectivity index (χ1n) is 3.47. The summed E-state index contributed by atoms with van der Waals surface area (Å²) in [5.41, 5.74) is 0.654. The maximum Gasteiger partial charge on any atom is 0.333 e. The number of methoxy groups -OCH3 is 1. The first-order valence-corrected chi connectivity index (χ1v) is 3.47. The van der Waals surface area contributed by atoms with E-state index in [9.17, 15) is 4.79 Å². The molecule has 0 bridgehead atoms. The third-order valence-electron chi connectivity index (χ3n) is 1.27. The lowest BCUT2D eigenvalue weighted by Gasteiger charge is -2.05. The van der Waals surface area contributed by atoms with Crippen molar-refractivity contribution in [1.29, 1.82) is 0 Å². The number of rotatable bonds is 3. The van der Waals surface area contributed by atoms with Crippen molar-refractivity contribution >= 4 is 5.97 Å². The van der Waals surface area contributed by atoms with Crippen LogP contribution in [0.15, 0.2) is 11.6 Å². The SMILES string of the molecule is COC(=O)/C(C)=C\CN(C)C. The van der Waals surface area contributed by atoms with Crippen molar-refractivity contribution in [3.63, 3.8) is 0 Å². The summed E-state index contributed by atoms with van der Waals surface area (Å²) >= 11 is 0. The summed E-state index contributed by atoms with van der Waals surface area (Å²) in [7, 11) is 5.28. The van der Waals surface area contributed by atoms with E-state index in [1.165, 1.54) is 7.11 Å². The monoisotopic (exact) mass is 157 g/mol. The van der Waals surface area contributed by atoms with Crippen molar-refractivity contribution < 1.29 is 9.53 Å². The van der Waals surface area contributed by atoms with Crippen LogP contribution in [0, 0.1) is 0 Å². The van der Waals surface area contributed by atoms with Crippen LogP contribution >= 0.6 is 0 Å². The third-order valence-corrected chi connectivity index (χ3v) is 1.27. The van der Waals surface area contributed by atoms with Crippen LogP contribution in [-0.4, -0.2) is 38.6 Å². The zero-order valence-corrected chi connectivity index (χ0v) is 7.55. The van der Waals surface area contributed by atoms with Gasteiger partial charge < -0.3 is 9.64 Å². The molecule has 0 atom stereocenters. The largest absolute Gasteiger partial charge is 0.466 e. The number of nitrogens with zero attached hydrogens (tertiary/aromatic N) is 1. The Morgan fingerprint density at radius 3 is 2.45 bits per heavy atom. The van der Waals surface area contributed by atoms with Gasteiger partial charge in [-0.05, 0) is 21.0 Å². The molecule has 3 heteroatoms. The van der Waals surface area contributed by atoms with E-state index >= 15 is 0 Å². The number of hydrogen-bond donors (Lipinski definition) is 0. The van der Waals surface area contributed by atoms with Crippen LogP contribution in [0.5, 0.6) is 0 Å². The molecule has 0 unspecified atom stereocenters. The lowest BCUT2D eigenvalue weighted by molar-refractivity contribution is -0.136. The lowest BCUT2D eigenvalue weighted by atomic mass is 10.3. The van der Waals surface area contributed by atoms with E-state index in [2.05, 4.69) is 4.74 Å². The lowest BCUT2D eigenvalue weighted by Crippen LogP contribution is -2.12. The number of likely N-dealkylation sites (N-methyl/N-ethyl adjacent to an activating group) is 1. The van der Waals surface area contributed by atoms with Gasteiger partial charge in [-0.2, -0.15) is 0 Å². The highest BCUT2D eigenvalue weighted by atomic mass is 16.5. The normalized spacial score (nSPS) is 11.9. The van der Waals surface area contributed by atoms with Gasteiger partial charge in [-0.3, -0.25) is 0 Å². The van der Waals surface area contributed by atoms with Crippen molar-refractivity contribution in [2.75, 3.05) is 27.7 Å². The molecule has 64 valence electrons. The quantitative estimate of drug-likeness (QED) is 0.445. The predicted molar refractivity (Wildman–Crippen MR) is 44.3 cm³/mol. The minimum Gasteiger partial charge on any atom is -0.466 e. The van der Waals surface area contributed by atoms with Gasteiger partial charge in [0.1, 0.15) is 0 Å². The Balaban J connectivity index is 3.90. The summed E-state index contributed by atoms with van der Waals surface area (Å²) in [6.45, 7) is 2.51. The Labute approximate surface area is 67.6 Å². The highest BCUT2D eigenvalue weighted by Gasteiger charge is 2.01. The fourth-order valence-corrected chi connectivity index (χ4v) is 0.564.